The first-order valence-corrected chi connectivity index (χ1v) is 8.33. The lowest BCUT2D eigenvalue weighted by Gasteiger charge is -2.11. The van der Waals surface area contributed by atoms with E-state index < -0.39 is 22.1 Å². The van der Waals surface area contributed by atoms with Gasteiger partial charge in [0.1, 0.15) is 6.04 Å². The zero-order chi connectivity index (χ0) is 16.2. The third kappa shape index (κ3) is 4.51. The van der Waals surface area contributed by atoms with Crippen LogP contribution in [0.15, 0.2) is 29.2 Å². The average Bonchev–Trinajstić information content (AvgIpc) is 2.93. The van der Waals surface area contributed by atoms with Gasteiger partial charge in [-0.25, -0.2) is 0 Å². The van der Waals surface area contributed by atoms with Gasteiger partial charge in [-0.2, -0.15) is 8.42 Å². The maximum Gasteiger partial charge on any atom is 0.320 e. The molecule has 2 atom stereocenters. The second-order valence-corrected chi connectivity index (χ2v) is 6.73. The quantitative estimate of drug-likeness (QED) is 0.556. The minimum Gasteiger partial charge on any atom is -0.480 e. The summed E-state index contributed by atoms with van der Waals surface area (Å²) in [5.41, 5.74) is 0.962. The molecule has 0 amide bonds. The Morgan fingerprint density at radius 3 is 2.59 bits per heavy atom. The highest BCUT2D eigenvalue weighted by Gasteiger charge is 2.29. The third-order valence-corrected chi connectivity index (χ3v) is 4.70. The monoisotopic (exact) mass is 329 g/mol. The Bertz CT molecular complexity index is 613. The lowest BCUT2D eigenvalue weighted by atomic mass is 10.2. The van der Waals surface area contributed by atoms with Gasteiger partial charge in [-0.15, -0.1) is 0 Å². The molecule has 1 aromatic rings. The highest BCUT2D eigenvalue weighted by atomic mass is 32.2. The first-order chi connectivity index (χ1) is 10.4. The van der Waals surface area contributed by atoms with Crippen molar-refractivity contribution in [3.8, 4) is 0 Å². The molecule has 0 bridgehead atoms. The second-order valence-electron chi connectivity index (χ2n) is 5.12. The first kappa shape index (κ1) is 16.9. The molecule has 1 aliphatic rings. The Hall–Kier alpha value is -1.48. The molecule has 1 fully saturated rings. The molecule has 0 radical (unpaired) electrons. The SMILES string of the molecule is Cc1ccc(S(=O)(=O)OCCO[C@H]2CN[C@H](C(=O)O)C2)cc1. The summed E-state index contributed by atoms with van der Waals surface area (Å²) in [5.74, 6) is -0.913. The van der Waals surface area contributed by atoms with E-state index in [9.17, 15) is 13.2 Å². The zero-order valence-electron chi connectivity index (χ0n) is 12.2. The Kier molecular flexibility index (Phi) is 5.52. The van der Waals surface area contributed by atoms with E-state index in [1.165, 1.54) is 12.1 Å². The molecular weight excluding hydrogens is 310 g/mol. The molecule has 0 unspecified atom stereocenters. The molecule has 122 valence electrons. The van der Waals surface area contributed by atoms with Crippen molar-refractivity contribution < 1.29 is 27.2 Å². The van der Waals surface area contributed by atoms with E-state index in [0.29, 0.717) is 13.0 Å². The van der Waals surface area contributed by atoms with Gasteiger partial charge in [-0.3, -0.25) is 8.98 Å². The molecule has 2 N–H and O–H groups in total. The predicted octanol–water partition coefficient (Wildman–Crippen LogP) is 0.532. The van der Waals surface area contributed by atoms with Gasteiger partial charge >= 0.3 is 5.97 Å². The molecule has 1 aliphatic heterocycles. The number of carbonyl (C=O) groups is 1. The van der Waals surface area contributed by atoms with Crippen LogP contribution in [0.4, 0.5) is 0 Å². The van der Waals surface area contributed by atoms with Crippen molar-refractivity contribution in [1.29, 1.82) is 0 Å². The number of carboxylic acid groups (broad SMARTS) is 1. The highest BCUT2D eigenvalue weighted by Crippen LogP contribution is 2.14. The summed E-state index contributed by atoms with van der Waals surface area (Å²) in [6.45, 7) is 2.28. The van der Waals surface area contributed by atoms with Crippen LogP contribution in [-0.4, -0.2) is 51.4 Å². The fourth-order valence-electron chi connectivity index (χ4n) is 2.15. The molecule has 0 aliphatic carbocycles. The minimum absolute atomic E-state index is 0.0871. The Morgan fingerprint density at radius 1 is 1.32 bits per heavy atom. The summed E-state index contributed by atoms with van der Waals surface area (Å²) in [6.07, 6.45) is 0.117. The van der Waals surface area contributed by atoms with Crippen molar-refractivity contribution in [2.45, 2.75) is 30.4 Å². The van der Waals surface area contributed by atoms with Crippen LogP contribution < -0.4 is 5.32 Å². The Labute approximate surface area is 129 Å². The van der Waals surface area contributed by atoms with E-state index in [0.717, 1.165) is 5.56 Å². The highest BCUT2D eigenvalue weighted by molar-refractivity contribution is 7.86. The molecule has 8 heteroatoms. The number of hydrogen-bond acceptors (Lipinski definition) is 6. The van der Waals surface area contributed by atoms with Gasteiger partial charge in [0.2, 0.25) is 0 Å². The van der Waals surface area contributed by atoms with Crippen LogP contribution in [0, 0.1) is 6.92 Å². The molecule has 22 heavy (non-hydrogen) atoms. The van der Waals surface area contributed by atoms with Crippen LogP contribution in [0.2, 0.25) is 0 Å². The van der Waals surface area contributed by atoms with Gasteiger partial charge in [0.05, 0.1) is 24.2 Å². The molecule has 0 spiro atoms. The second kappa shape index (κ2) is 7.19. The first-order valence-electron chi connectivity index (χ1n) is 6.92. The lowest BCUT2D eigenvalue weighted by molar-refractivity contribution is -0.139. The summed E-state index contributed by atoms with van der Waals surface area (Å²) in [4.78, 5) is 10.9. The molecule has 1 aromatic carbocycles. The molecular formula is C14H19NO6S. The van der Waals surface area contributed by atoms with Crippen molar-refractivity contribution >= 4 is 16.1 Å². The summed E-state index contributed by atoms with van der Waals surface area (Å²) in [7, 11) is -3.79. The molecule has 0 saturated carbocycles. The lowest BCUT2D eigenvalue weighted by Crippen LogP contribution is -2.30. The van der Waals surface area contributed by atoms with E-state index >= 15 is 0 Å². The molecule has 0 aromatic heterocycles. The number of carboxylic acids is 1. The van der Waals surface area contributed by atoms with Crippen molar-refractivity contribution in [1.82, 2.24) is 5.32 Å². The number of hydrogen-bond donors (Lipinski definition) is 2. The fraction of sp³-hybridized carbons (Fsp3) is 0.500. The van der Waals surface area contributed by atoms with Crippen LogP contribution in [-0.2, 0) is 23.8 Å². The molecule has 2 rings (SSSR count). The fourth-order valence-corrected chi connectivity index (χ4v) is 3.04. The topological polar surface area (TPSA) is 102 Å². The number of ether oxygens (including phenoxy) is 1. The van der Waals surface area contributed by atoms with E-state index in [2.05, 4.69) is 5.32 Å². The van der Waals surface area contributed by atoms with Crippen molar-refractivity contribution in [2.75, 3.05) is 19.8 Å². The largest absolute Gasteiger partial charge is 0.480 e. The normalized spacial score (nSPS) is 21.9. The summed E-state index contributed by atoms with van der Waals surface area (Å²) >= 11 is 0. The maximum atomic E-state index is 11.9. The zero-order valence-corrected chi connectivity index (χ0v) is 13.0. The van der Waals surface area contributed by atoms with Crippen LogP contribution in [0.25, 0.3) is 0 Å². The number of aliphatic carboxylic acids is 1. The van der Waals surface area contributed by atoms with Gasteiger partial charge in [0.15, 0.2) is 0 Å². The van der Waals surface area contributed by atoms with Crippen molar-refractivity contribution in [3.63, 3.8) is 0 Å². The number of benzene rings is 1. The summed E-state index contributed by atoms with van der Waals surface area (Å²) in [5, 5.41) is 11.6. The van der Waals surface area contributed by atoms with E-state index in [4.69, 9.17) is 14.0 Å². The Balaban J connectivity index is 1.74. The van der Waals surface area contributed by atoms with Gasteiger partial charge in [0.25, 0.3) is 10.1 Å². The van der Waals surface area contributed by atoms with Gasteiger partial charge < -0.3 is 15.2 Å². The van der Waals surface area contributed by atoms with Crippen molar-refractivity contribution in [2.24, 2.45) is 0 Å². The molecule has 7 nitrogen and oxygen atoms in total. The average molecular weight is 329 g/mol. The van der Waals surface area contributed by atoms with Crippen molar-refractivity contribution in [3.05, 3.63) is 29.8 Å². The number of aryl methyl sites for hydroxylation is 1. The van der Waals surface area contributed by atoms with Gasteiger partial charge in [0, 0.05) is 13.0 Å². The molecule has 1 heterocycles. The van der Waals surface area contributed by atoms with Crippen LogP contribution in [0.1, 0.15) is 12.0 Å². The smallest absolute Gasteiger partial charge is 0.320 e. The summed E-state index contributed by atoms with van der Waals surface area (Å²) in [6, 6.07) is 5.77. The minimum atomic E-state index is -3.79. The van der Waals surface area contributed by atoms with Gasteiger partial charge in [-0.05, 0) is 19.1 Å². The predicted molar refractivity (Wildman–Crippen MR) is 78.1 cm³/mol. The third-order valence-electron chi connectivity index (χ3n) is 3.37. The van der Waals surface area contributed by atoms with Crippen LogP contribution in [0.5, 0.6) is 0 Å². The van der Waals surface area contributed by atoms with Crippen LogP contribution >= 0.6 is 0 Å². The van der Waals surface area contributed by atoms with E-state index in [-0.39, 0.29) is 24.2 Å². The maximum absolute atomic E-state index is 11.9. The van der Waals surface area contributed by atoms with Crippen LogP contribution in [0.3, 0.4) is 0 Å². The summed E-state index contributed by atoms with van der Waals surface area (Å²) < 4.78 is 34.1. The number of nitrogens with one attached hydrogen (secondary N) is 1. The van der Waals surface area contributed by atoms with Gasteiger partial charge in [-0.1, -0.05) is 17.7 Å². The number of rotatable bonds is 7. The molecule has 1 saturated heterocycles. The van der Waals surface area contributed by atoms with E-state index in [1.54, 1.807) is 12.1 Å². The van der Waals surface area contributed by atoms with E-state index in [1.807, 2.05) is 6.92 Å². The Morgan fingerprint density at radius 2 is 2.00 bits per heavy atom. The standard InChI is InChI=1S/C14H19NO6S/c1-10-2-4-12(5-3-10)22(18,19)21-7-6-20-11-8-13(14(16)17)15-9-11/h2-5,11,13,15H,6-9H2,1H3,(H,16,17)/t11-,13+/m1/s1.